The van der Waals surface area contributed by atoms with Crippen LogP contribution in [0.15, 0.2) is 41.3 Å². The number of aromatic nitrogens is 1. The van der Waals surface area contributed by atoms with Gasteiger partial charge in [-0.1, -0.05) is 12.1 Å². The first-order valence-electron chi connectivity index (χ1n) is 6.06. The largest absolute Gasteiger partial charge is 0.340 e. The van der Waals surface area contributed by atoms with Crippen molar-refractivity contribution in [2.75, 3.05) is 0 Å². The fourth-order valence-corrected chi connectivity index (χ4v) is 1.92. The Hall–Kier alpha value is -3.63. The highest BCUT2D eigenvalue weighted by Gasteiger charge is 2.22. The Morgan fingerprint density at radius 3 is 2.13 bits per heavy atom. The van der Waals surface area contributed by atoms with Crippen molar-refractivity contribution >= 4 is 17.1 Å². The highest BCUT2D eigenvalue weighted by atomic mass is 16.6. The summed E-state index contributed by atoms with van der Waals surface area (Å²) < 4.78 is 0.773. The maximum Gasteiger partial charge on any atom is 0.340 e. The second kappa shape index (κ2) is 6.01. The van der Waals surface area contributed by atoms with E-state index in [1.807, 2.05) is 0 Å². The molecule has 1 heterocycles. The minimum Gasteiger partial charge on any atom is -0.298 e. The van der Waals surface area contributed by atoms with Crippen LogP contribution in [0.4, 0.5) is 17.1 Å². The minimum atomic E-state index is -1.04. The summed E-state index contributed by atoms with van der Waals surface area (Å²) in [6.45, 7) is -0.275. The molecule has 0 amide bonds. The van der Waals surface area contributed by atoms with Crippen LogP contribution in [-0.2, 0) is 6.54 Å². The van der Waals surface area contributed by atoms with Gasteiger partial charge in [0.25, 0.3) is 11.4 Å². The molecular formula is C12H8N4O7. The molecule has 11 heteroatoms. The summed E-state index contributed by atoms with van der Waals surface area (Å²) in [5.74, 6) is 0. The van der Waals surface area contributed by atoms with Gasteiger partial charge in [-0.05, 0) is 5.56 Å². The van der Waals surface area contributed by atoms with E-state index < -0.39 is 31.7 Å². The van der Waals surface area contributed by atoms with E-state index >= 15 is 0 Å². The Balaban J connectivity index is 2.53. The molecule has 0 bridgehead atoms. The third kappa shape index (κ3) is 3.34. The molecule has 23 heavy (non-hydrogen) atoms. The summed E-state index contributed by atoms with van der Waals surface area (Å²) in [5, 5.41) is 32.4. The molecule has 0 saturated carbocycles. The van der Waals surface area contributed by atoms with Gasteiger partial charge < -0.3 is 0 Å². The zero-order valence-electron chi connectivity index (χ0n) is 11.3. The predicted molar refractivity (Wildman–Crippen MR) is 76.2 cm³/mol. The van der Waals surface area contributed by atoms with Crippen molar-refractivity contribution in [3.63, 3.8) is 0 Å². The summed E-state index contributed by atoms with van der Waals surface area (Å²) in [6, 6.07) is 5.83. The number of nitro groups is 3. The lowest BCUT2D eigenvalue weighted by Crippen LogP contribution is -2.23. The van der Waals surface area contributed by atoms with Gasteiger partial charge in [0, 0.05) is 12.1 Å². The second-order valence-corrected chi connectivity index (χ2v) is 4.46. The van der Waals surface area contributed by atoms with Crippen molar-refractivity contribution in [1.82, 2.24) is 4.57 Å². The quantitative estimate of drug-likeness (QED) is 0.599. The number of hydrogen-bond donors (Lipinski definition) is 0. The van der Waals surface area contributed by atoms with Gasteiger partial charge >= 0.3 is 11.2 Å². The maximum atomic E-state index is 12.0. The van der Waals surface area contributed by atoms with Crippen LogP contribution in [-0.4, -0.2) is 19.3 Å². The molecule has 0 saturated heterocycles. The summed E-state index contributed by atoms with van der Waals surface area (Å²) in [5.41, 5.74) is -2.52. The fraction of sp³-hybridized carbons (Fsp3) is 0.0833. The summed E-state index contributed by atoms with van der Waals surface area (Å²) in [7, 11) is 0. The first kappa shape index (κ1) is 15.8. The molecule has 11 nitrogen and oxygen atoms in total. The molecule has 1 aromatic carbocycles. The first-order chi connectivity index (χ1) is 10.8. The monoisotopic (exact) mass is 320 g/mol. The van der Waals surface area contributed by atoms with Crippen LogP contribution < -0.4 is 5.56 Å². The lowest BCUT2D eigenvalue weighted by molar-refractivity contribution is -0.395. The molecule has 0 radical (unpaired) electrons. The molecule has 0 aliphatic carbocycles. The van der Waals surface area contributed by atoms with Crippen LogP contribution in [0.1, 0.15) is 5.56 Å². The number of rotatable bonds is 5. The molecule has 0 aliphatic rings. The van der Waals surface area contributed by atoms with E-state index in [-0.39, 0.29) is 12.2 Å². The second-order valence-electron chi connectivity index (χ2n) is 4.46. The van der Waals surface area contributed by atoms with E-state index in [2.05, 4.69) is 0 Å². The molecule has 0 aliphatic heterocycles. The Morgan fingerprint density at radius 2 is 1.57 bits per heavy atom. The van der Waals surface area contributed by atoms with Crippen LogP contribution in [0.25, 0.3) is 0 Å². The topological polar surface area (TPSA) is 151 Å². The molecule has 2 rings (SSSR count). The maximum absolute atomic E-state index is 12.0. The number of pyridine rings is 1. The van der Waals surface area contributed by atoms with E-state index in [0.717, 1.165) is 10.8 Å². The number of benzene rings is 1. The number of nitrogens with zero attached hydrogens (tertiary/aromatic N) is 4. The molecule has 0 unspecified atom stereocenters. The SMILES string of the molecule is O=c1c([N+](=O)[O-])cc([N+](=O)[O-])cn1Cc1cccc([N+](=O)[O-])c1. The van der Waals surface area contributed by atoms with Gasteiger partial charge in [-0.25, -0.2) is 0 Å². The smallest absolute Gasteiger partial charge is 0.298 e. The van der Waals surface area contributed by atoms with Crippen LogP contribution >= 0.6 is 0 Å². The Kier molecular flexibility index (Phi) is 4.12. The molecule has 2 aromatic rings. The van der Waals surface area contributed by atoms with Crippen LogP contribution in [0.2, 0.25) is 0 Å². The molecular weight excluding hydrogens is 312 g/mol. The third-order valence-electron chi connectivity index (χ3n) is 2.93. The highest BCUT2D eigenvalue weighted by molar-refractivity contribution is 5.40. The zero-order valence-corrected chi connectivity index (χ0v) is 11.3. The molecule has 118 valence electrons. The van der Waals surface area contributed by atoms with E-state index in [1.165, 1.54) is 24.3 Å². The average Bonchev–Trinajstić information content (AvgIpc) is 2.49. The summed E-state index contributed by atoms with van der Waals surface area (Å²) >= 11 is 0. The van der Waals surface area contributed by atoms with Gasteiger partial charge in [0.15, 0.2) is 0 Å². The van der Waals surface area contributed by atoms with Crippen molar-refractivity contribution in [1.29, 1.82) is 0 Å². The lowest BCUT2D eigenvalue weighted by atomic mass is 10.2. The van der Waals surface area contributed by atoms with Crippen LogP contribution in [0, 0.1) is 30.3 Å². The lowest BCUT2D eigenvalue weighted by Gasteiger charge is -2.05. The number of non-ortho nitro benzene ring substituents is 1. The van der Waals surface area contributed by atoms with E-state index in [0.29, 0.717) is 11.6 Å². The Labute approximate surface area is 126 Å². The van der Waals surface area contributed by atoms with E-state index in [9.17, 15) is 35.1 Å². The molecule has 0 fully saturated rings. The fourth-order valence-electron chi connectivity index (χ4n) is 1.92. The van der Waals surface area contributed by atoms with E-state index in [4.69, 9.17) is 0 Å². The van der Waals surface area contributed by atoms with Crippen LogP contribution in [0.3, 0.4) is 0 Å². The van der Waals surface area contributed by atoms with Crippen molar-refractivity contribution < 1.29 is 14.8 Å². The Morgan fingerprint density at radius 1 is 0.913 bits per heavy atom. The number of nitro benzene ring substituents is 1. The van der Waals surface area contributed by atoms with Gasteiger partial charge in [-0.15, -0.1) is 0 Å². The van der Waals surface area contributed by atoms with Gasteiger partial charge in [-0.3, -0.25) is 39.7 Å². The first-order valence-corrected chi connectivity index (χ1v) is 6.06. The average molecular weight is 320 g/mol. The van der Waals surface area contributed by atoms with Gasteiger partial charge in [0.2, 0.25) is 0 Å². The van der Waals surface area contributed by atoms with E-state index in [1.54, 1.807) is 0 Å². The number of hydrogen-bond acceptors (Lipinski definition) is 7. The van der Waals surface area contributed by atoms with Crippen molar-refractivity contribution in [3.05, 3.63) is 82.8 Å². The minimum absolute atomic E-state index is 0.226. The normalized spacial score (nSPS) is 10.3. The summed E-state index contributed by atoms with van der Waals surface area (Å²) in [6.07, 6.45) is 0.855. The van der Waals surface area contributed by atoms with Crippen molar-refractivity contribution in [2.24, 2.45) is 0 Å². The van der Waals surface area contributed by atoms with Gasteiger partial charge in [0.05, 0.1) is 27.5 Å². The third-order valence-corrected chi connectivity index (χ3v) is 2.93. The molecule has 1 aromatic heterocycles. The molecule has 0 atom stereocenters. The summed E-state index contributed by atoms with van der Waals surface area (Å²) in [4.78, 5) is 41.8. The van der Waals surface area contributed by atoms with Crippen molar-refractivity contribution in [2.45, 2.75) is 6.54 Å². The highest BCUT2D eigenvalue weighted by Crippen LogP contribution is 2.18. The molecule has 0 N–H and O–H groups in total. The van der Waals surface area contributed by atoms with Gasteiger partial charge in [0.1, 0.15) is 6.07 Å². The standard InChI is InChI=1S/C12H8N4O7/c17-12-11(16(22)23)5-10(15(20)21)7-13(12)6-8-2-1-3-9(4-8)14(18)19/h1-5,7H,6H2. The van der Waals surface area contributed by atoms with Gasteiger partial charge in [-0.2, -0.15) is 0 Å². The molecule has 0 spiro atoms. The predicted octanol–water partition coefficient (Wildman–Crippen LogP) is 1.62. The van der Waals surface area contributed by atoms with Crippen molar-refractivity contribution in [3.8, 4) is 0 Å². The zero-order chi connectivity index (χ0) is 17.1. The Bertz CT molecular complexity index is 874. The van der Waals surface area contributed by atoms with Crippen LogP contribution in [0.5, 0.6) is 0 Å².